The van der Waals surface area contributed by atoms with Crippen molar-refractivity contribution in [3.63, 3.8) is 0 Å². The molecular formula is C11H26N2O. The van der Waals surface area contributed by atoms with Gasteiger partial charge in [0.15, 0.2) is 0 Å². The summed E-state index contributed by atoms with van der Waals surface area (Å²) in [4.78, 5) is 2.46. The van der Waals surface area contributed by atoms with Gasteiger partial charge < -0.3 is 15.3 Å². The summed E-state index contributed by atoms with van der Waals surface area (Å²) in [5.74, 6) is 0. The highest BCUT2D eigenvalue weighted by Gasteiger charge is 1.98. The van der Waals surface area contributed by atoms with Crippen molar-refractivity contribution in [1.29, 1.82) is 0 Å². The molecule has 0 rings (SSSR count). The Labute approximate surface area is 88.5 Å². The van der Waals surface area contributed by atoms with E-state index in [1.165, 1.54) is 13.0 Å². The van der Waals surface area contributed by atoms with Gasteiger partial charge in [0.1, 0.15) is 0 Å². The Morgan fingerprint density at radius 3 is 2.43 bits per heavy atom. The third-order valence-electron chi connectivity index (χ3n) is 2.35. The first kappa shape index (κ1) is 13.9. The molecule has 86 valence electrons. The molecule has 2 N–H and O–H groups in total. The van der Waals surface area contributed by atoms with Gasteiger partial charge in [0.2, 0.25) is 0 Å². The maximum atomic E-state index is 8.58. The lowest BCUT2D eigenvalue weighted by atomic mass is 10.3. The zero-order chi connectivity index (χ0) is 10.6. The Morgan fingerprint density at radius 1 is 1.07 bits per heavy atom. The zero-order valence-electron chi connectivity index (χ0n) is 9.76. The fraction of sp³-hybridized carbons (Fsp3) is 1.00. The predicted octanol–water partition coefficient (Wildman–Crippen LogP) is 1.08. The Bertz CT molecular complexity index is 109. The lowest BCUT2D eigenvalue weighted by Gasteiger charge is -2.19. The van der Waals surface area contributed by atoms with E-state index in [0.29, 0.717) is 6.61 Å². The van der Waals surface area contributed by atoms with Crippen LogP contribution in [-0.4, -0.2) is 49.3 Å². The largest absolute Gasteiger partial charge is 0.396 e. The lowest BCUT2D eigenvalue weighted by Crippen LogP contribution is -2.33. The number of nitrogens with zero attached hydrogens (tertiary/aromatic N) is 1. The van der Waals surface area contributed by atoms with Crippen LogP contribution in [0.5, 0.6) is 0 Å². The minimum atomic E-state index is 0.318. The molecule has 3 nitrogen and oxygen atoms in total. The van der Waals surface area contributed by atoms with Crippen LogP contribution < -0.4 is 5.32 Å². The highest BCUT2D eigenvalue weighted by molar-refractivity contribution is 4.57. The Balaban J connectivity index is 3.15. The summed E-state index contributed by atoms with van der Waals surface area (Å²) < 4.78 is 0. The normalized spacial score (nSPS) is 11.1. The van der Waals surface area contributed by atoms with E-state index in [9.17, 15) is 0 Å². The molecule has 0 atom stereocenters. The van der Waals surface area contributed by atoms with E-state index in [2.05, 4.69) is 24.1 Å². The molecule has 0 amide bonds. The van der Waals surface area contributed by atoms with Crippen molar-refractivity contribution in [3.8, 4) is 0 Å². The smallest absolute Gasteiger partial charge is 0.0431 e. The van der Waals surface area contributed by atoms with E-state index < -0.39 is 0 Å². The van der Waals surface area contributed by atoms with Gasteiger partial charge >= 0.3 is 0 Å². The van der Waals surface area contributed by atoms with Crippen LogP contribution in [0, 0.1) is 0 Å². The average molecular weight is 202 g/mol. The molecule has 0 spiro atoms. The second-order valence-corrected chi connectivity index (χ2v) is 3.61. The van der Waals surface area contributed by atoms with Crippen LogP contribution in [0.2, 0.25) is 0 Å². The number of likely N-dealkylation sites (N-methyl/N-ethyl adjacent to an activating group) is 1. The number of aliphatic hydroxyl groups excluding tert-OH is 1. The van der Waals surface area contributed by atoms with Crippen LogP contribution in [0.15, 0.2) is 0 Å². The summed E-state index contributed by atoms with van der Waals surface area (Å²) in [6.07, 6.45) is 3.23. The number of hydrogen-bond donors (Lipinski definition) is 2. The fourth-order valence-electron chi connectivity index (χ4n) is 1.47. The fourth-order valence-corrected chi connectivity index (χ4v) is 1.47. The van der Waals surface area contributed by atoms with Crippen molar-refractivity contribution in [1.82, 2.24) is 10.2 Å². The number of nitrogens with one attached hydrogen (secondary N) is 1. The molecule has 3 heteroatoms. The second-order valence-electron chi connectivity index (χ2n) is 3.61. The van der Waals surface area contributed by atoms with E-state index in [-0.39, 0.29) is 0 Å². The first-order chi connectivity index (χ1) is 6.85. The number of unbranched alkanes of at least 4 members (excludes halogenated alkanes) is 1. The van der Waals surface area contributed by atoms with E-state index in [4.69, 9.17) is 5.11 Å². The molecule has 0 radical (unpaired) electrons. The highest BCUT2D eigenvalue weighted by atomic mass is 16.2. The third-order valence-corrected chi connectivity index (χ3v) is 2.35. The molecule has 0 aromatic rings. The van der Waals surface area contributed by atoms with Gasteiger partial charge in [0, 0.05) is 19.7 Å². The summed E-state index contributed by atoms with van der Waals surface area (Å²) in [5.41, 5.74) is 0. The molecule has 0 fully saturated rings. The van der Waals surface area contributed by atoms with Crippen LogP contribution in [0.3, 0.4) is 0 Å². The van der Waals surface area contributed by atoms with Gasteiger partial charge in [-0.25, -0.2) is 0 Å². The number of rotatable bonds is 10. The molecule has 14 heavy (non-hydrogen) atoms. The van der Waals surface area contributed by atoms with Gasteiger partial charge in [-0.1, -0.05) is 13.8 Å². The maximum absolute atomic E-state index is 8.58. The standard InChI is InChI=1S/C11H26N2O/c1-3-9-13(4-2)10-8-12-7-5-6-11-14/h12,14H,3-11H2,1-2H3. The monoisotopic (exact) mass is 202 g/mol. The van der Waals surface area contributed by atoms with Crippen molar-refractivity contribution >= 4 is 0 Å². The van der Waals surface area contributed by atoms with E-state index in [0.717, 1.165) is 39.0 Å². The molecule has 0 heterocycles. The molecule has 0 aliphatic carbocycles. The molecule has 0 saturated carbocycles. The van der Waals surface area contributed by atoms with Crippen LogP contribution in [0.4, 0.5) is 0 Å². The molecule has 0 unspecified atom stereocenters. The van der Waals surface area contributed by atoms with Gasteiger partial charge in [-0.3, -0.25) is 0 Å². The number of aliphatic hydroxyl groups is 1. The summed E-state index contributed by atoms with van der Waals surface area (Å²) in [6.45, 7) is 10.3. The quantitative estimate of drug-likeness (QED) is 0.520. The lowest BCUT2D eigenvalue weighted by molar-refractivity contribution is 0.277. The molecule has 0 aliphatic heterocycles. The van der Waals surface area contributed by atoms with Gasteiger partial charge in [0.25, 0.3) is 0 Å². The SMILES string of the molecule is CCCN(CC)CCNCCCCO. The maximum Gasteiger partial charge on any atom is 0.0431 e. The average Bonchev–Trinajstić information content (AvgIpc) is 2.21. The van der Waals surface area contributed by atoms with Crippen LogP contribution in [-0.2, 0) is 0 Å². The molecule has 0 bridgehead atoms. The Kier molecular flexibility index (Phi) is 10.9. The minimum Gasteiger partial charge on any atom is -0.396 e. The zero-order valence-corrected chi connectivity index (χ0v) is 9.76. The third kappa shape index (κ3) is 8.48. The summed E-state index contributed by atoms with van der Waals surface area (Å²) in [6, 6.07) is 0. The van der Waals surface area contributed by atoms with E-state index >= 15 is 0 Å². The molecule has 0 aromatic carbocycles. The summed E-state index contributed by atoms with van der Waals surface area (Å²) >= 11 is 0. The van der Waals surface area contributed by atoms with Crippen molar-refractivity contribution < 1.29 is 5.11 Å². The van der Waals surface area contributed by atoms with Crippen LogP contribution >= 0.6 is 0 Å². The predicted molar refractivity (Wildman–Crippen MR) is 61.6 cm³/mol. The molecular weight excluding hydrogens is 176 g/mol. The van der Waals surface area contributed by atoms with Gasteiger partial charge in [-0.15, -0.1) is 0 Å². The van der Waals surface area contributed by atoms with Gasteiger partial charge in [-0.05, 0) is 38.9 Å². The first-order valence-corrected chi connectivity index (χ1v) is 5.89. The second kappa shape index (κ2) is 11.0. The Morgan fingerprint density at radius 2 is 1.86 bits per heavy atom. The topological polar surface area (TPSA) is 35.5 Å². The van der Waals surface area contributed by atoms with E-state index in [1.807, 2.05) is 0 Å². The van der Waals surface area contributed by atoms with Gasteiger partial charge in [-0.2, -0.15) is 0 Å². The van der Waals surface area contributed by atoms with Crippen LogP contribution in [0.1, 0.15) is 33.1 Å². The summed E-state index contributed by atoms with van der Waals surface area (Å²) in [5, 5.41) is 12.0. The summed E-state index contributed by atoms with van der Waals surface area (Å²) in [7, 11) is 0. The molecule has 0 aliphatic rings. The highest BCUT2D eigenvalue weighted by Crippen LogP contribution is 1.89. The van der Waals surface area contributed by atoms with Crippen molar-refractivity contribution in [3.05, 3.63) is 0 Å². The molecule has 0 aromatic heterocycles. The Hall–Kier alpha value is -0.120. The van der Waals surface area contributed by atoms with Gasteiger partial charge in [0.05, 0.1) is 0 Å². The number of hydrogen-bond acceptors (Lipinski definition) is 3. The molecule has 0 saturated heterocycles. The van der Waals surface area contributed by atoms with Crippen molar-refractivity contribution in [2.75, 3.05) is 39.3 Å². The minimum absolute atomic E-state index is 0.318. The first-order valence-electron chi connectivity index (χ1n) is 5.89. The van der Waals surface area contributed by atoms with E-state index in [1.54, 1.807) is 0 Å². The van der Waals surface area contributed by atoms with Crippen molar-refractivity contribution in [2.45, 2.75) is 33.1 Å². The van der Waals surface area contributed by atoms with Crippen LogP contribution in [0.25, 0.3) is 0 Å². The van der Waals surface area contributed by atoms with Crippen molar-refractivity contribution in [2.24, 2.45) is 0 Å².